The van der Waals surface area contributed by atoms with Crippen molar-refractivity contribution >= 4 is 56.9 Å². The zero-order chi connectivity index (χ0) is 29.0. The van der Waals surface area contributed by atoms with Crippen LogP contribution in [0, 0.1) is 0 Å². The Bertz CT molecular complexity index is 1380. The Labute approximate surface area is 240 Å². The molecule has 0 bridgehead atoms. The first kappa shape index (κ1) is 29.5. The van der Waals surface area contributed by atoms with Crippen LogP contribution in [-0.2, 0) is 49.3 Å². The van der Waals surface area contributed by atoms with E-state index in [0.717, 1.165) is 20.5 Å². The van der Waals surface area contributed by atoms with Crippen molar-refractivity contribution in [2.45, 2.75) is 64.6 Å². The summed E-state index contributed by atoms with van der Waals surface area (Å²) in [5, 5.41) is 1.67. The maximum absolute atomic E-state index is 12.2. The third-order valence-electron chi connectivity index (χ3n) is 6.23. The number of ether oxygens (including phenoxy) is 5. The summed E-state index contributed by atoms with van der Waals surface area (Å²) < 4.78 is 29.2. The largest absolute Gasteiger partial charge is 0.463 e. The molecule has 2 heterocycles. The molecule has 0 saturated carbocycles. The van der Waals surface area contributed by atoms with Crippen molar-refractivity contribution in [1.82, 2.24) is 0 Å². The second kappa shape index (κ2) is 12.8. The summed E-state index contributed by atoms with van der Waals surface area (Å²) in [6.07, 6.45) is -5.11. The Hall–Kier alpha value is -3.47. The normalized spacial score (nSPS) is 22.4. The molecule has 3 aromatic rings. The maximum Gasteiger partial charge on any atom is 0.303 e. The summed E-state index contributed by atoms with van der Waals surface area (Å²) in [6, 6.07) is 15.5. The smallest absolute Gasteiger partial charge is 0.303 e. The quantitative estimate of drug-likeness (QED) is 0.266. The van der Waals surface area contributed by atoms with Crippen LogP contribution in [0.3, 0.4) is 0 Å². The van der Waals surface area contributed by atoms with Crippen molar-refractivity contribution in [3.05, 3.63) is 69.6 Å². The number of fused-ring (bicyclic) bond motifs is 1. The molecule has 212 valence electrons. The molecule has 0 spiro atoms. The minimum Gasteiger partial charge on any atom is -0.463 e. The zero-order valence-corrected chi connectivity index (χ0v) is 24.0. The average molecular weight is 589 g/mol. The van der Waals surface area contributed by atoms with Crippen LogP contribution in [0.2, 0.25) is 5.02 Å². The molecule has 0 amide bonds. The molecule has 1 fully saturated rings. The molecular weight excluding hydrogens is 560 g/mol. The van der Waals surface area contributed by atoms with E-state index in [1.54, 1.807) is 23.5 Å². The highest BCUT2D eigenvalue weighted by Crippen LogP contribution is 2.39. The molecule has 5 atom stereocenters. The van der Waals surface area contributed by atoms with Gasteiger partial charge in [-0.05, 0) is 34.7 Å². The van der Waals surface area contributed by atoms with Crippen molar-refractivity contribution in [2.75, 3.05) is 6.61 Å². The van der Waals surface area contributed by atoms with Crippen LogP contribution in [0.5, 0.6) is 0 Å². The molecule has 1 saturated heterocycles. The van der Waals surface area contributed by atoms with Crippen LogP contribution in [0.25, 0.3) is 10.1 Å². The van der Waals surface area contributed by atoms with Crippen molar-refractivity contribution < 1.29 is 42.9 Å². The van der Waals surface area contributed by atoms with Gasteiger partial charge in [0, 0.05) is 48.7 Å². The molecule has 4 rings (SSSR count). The summed E-state index contributed by atoms with van der Waals surface area (Å²) >= 11 is 8.25. The van der Waals surface area contributed by atoms with Crippen molar-refractivity contribution in [3.63, 3.8) is 0 Å². The van der Waals surface area contributed by atoms with Crippen LogP contribution < -0.4 is 0 Å². The van der Waals surface area contributed by atoms with E-state index < -0.39 is 54.4 Å². The van der Waals surface area contributed by atoms with Gasteiger partial charge in [0.05, 0.1) is 0 Å². The Morgan fingerprint density at radius 1 is 0.825 bits per heavy atom. The van der Waals surface area contributed by atoms with E-state index in [1.807, 2.05) is 24.3 Å². The van der Waals surface area contributed by atoms with Crippen LogP contribution in [0.15, 0.2) is 48.5 Å². The molecule has 0 radical (unpaired) electrons. The number of carbonyl (C=O) groups excluding carboxylic acids is 4. The number of halogens is 1. The lowest BCUT2D eigenvalue weighted by molar-refractivity contribution is -0.254. The summed E-state index contributed by atoms with van der Waals surface area (Å²) in [7, 11) is 0. The van der Waals surface area contributed by atoms with Gasteiger partial charge in [-0.25, -0.2) is 0 Å². The first-order valence-corrected chi connectivity index (χ1v) is 13.8. The molecule has 9 nitrogen and oxygen atoms in total. The third kappa shape index (κ3) is 7.18. The van der Waals surface area contributed by atoms with E-state index in [2.05, 4.69) is 12.1 Å². The lowest BCUT2D eigenvalue weighted by Gasteiger charge is -2.44. The summed E-state index contributed by atoms with van der Waals surface area (Å²) in [6.45, 7) is 4.51. The van der Waals surface area contributed by atoms with Crippen molar-refractivity contribution in [3.8, 4) is 0 Å². The van der Waals surface area contributed by atoms with Gasteiger partial charge in [0.1, 0.15) is 18.8 Å². The van der Waals surface area contributed by atoms with Crippen LogP contribution in [-0.4, -0.2) is 54.9 Å². The Morgan fingerprint density at radius 2 is 1.48 bits per heavy atom. The van der Waals surface area contributed by atoms with Crippen molar-refractivity contribution in [2.24, 2.45) is 0 Å². The van der Waals surface area contributed by atoms with Gasteiger partial charge in [0.25, 0.3) is 0 Å². The van der Waals surface area contributed by atoms with E-state index in [9.17, 15) is 19.2 Å². The van der Waals surface area contributed by atoms with Gasteiger partial charge in [-0.15, -0.1) is 11.3 Å². The second-order valence-electron chi connectivity index (χ2n) is 9.40. The number of rotatable bonds is 8. The summed E-state index contributed by atoms with van der Waals surface area (Å²) in [5.74, 6) is -2.61. The fourth-order valence-electron chi connectivity index (χ4n) is 4.72. The van der Waals surface area contributed by atoms with E-state index >= 15 is 0 Å². The summed E-state index contributed by atoms with van der Waals surface area (Å²) in [4.78, 5) is 49.0. The van der Waals surface area contributed by atoms with Gasteiger partial charge < -0.3 is 23.7 Å². The monoisotopic (exact) mass is 588 g/mol. The van der Waals surface area contributed by atoms with E-state index in [-0.39, 0.29) is 6.61 Å². The minimum absolute atomic E-state index is 0.295. The van der Waals surface area contributed by atoms with Gasteiger partial charge in [0.2, 0.25) is 0 Å². The molecular formula is C29H29ClO9S. The van der Waals surface area contributed by atoms with Crippen LogP contribution in [0.4, 0.5) is 0 Å². The highest BCUT2D eigenvalue weighted by molar-refractivity contribution is 7.19. The molecule has 11 heteroatoms. The molecule has 1 aromatic heterocycles. The average Bonchev–Trinajstić information content (AvgIpc) is 3.28. The Balaban J connectivity index is 1.74. The molecule has 1 aliphatic heterocycles. The van der Waals surface area contributed by atoms with Gasteiger partial charge in [-0.3, -0.25) is 19.2 Å². The van der Waals surface area contributed by atoms with E-state index in [0.29, 0.717) is 17.0 Å². The number of benzene rings is 2. The van der Waals surface area contributed by atoms with Crippen LogP contribution in [0.1, 0.15) is 49.8 Å². The predicted octanol–water partition coefficient (Wildman–Crippen LogP) is 4.94. The van der Waals surface area contributed by atoms with E-state index in [4.69, 9.17) is 35.3 Å². The van der Waals surface area contributed by atoms with Crippen LogP contribution >= 0.6 is 22.9 Å². The summed E-state index contributed by atoms with van der Waals surface area (Å²) in [5.41, 5.74) is 1.39. The standard InChI is InChI=1S/C29H29ClO9S/c1-15(31)35-14-24-27(36-16(2)32)29(38-18(4)34)28(37-17(3)33)26(39-24)20-9-10-23(30)21(11-20)13-22-12-19-7-5-6-8-25(19)40-22/h5-12,24,26-29H,13-14H2,1-4H3/t24?,26?,27-,28+,29?/m1/s1. The van der Waals surface area contributed by atoms with Gasteiger partial charge in [-0.2, -0.15) is 0 Å². The molecule has 40 heavy (non-hydrogen) atoms. The molecule has 2 aromatic carbocycles. The number of carbonyl (C=O) groups is 4. The minimum atomic E-state index is -1.24. The topological polar surface area (TPSA) is 114 Å². The van der Waals surface area contributed by atoms with Crippen molar-refractivity contribution in [1.29, 1.82) is 0 Å². The lowest BCUT2D eigenvalue weighted by atomic mass is 9.89. The highest BCUT2D eigenvalue weighted by atomic mass is 35.5. The first-order valence-electron chi connectivity index (χ1n) is 12.6. The second-order valence-corrected chi connectivity index (χ2v) is 11.0. The van der Waals surface area contributed by atoms with Gasteiger partial charge >= 0.3 is 23.9 Å². The van der Waals surface area contributed by atoms with E-state index in [1.165, 1.54) is 27.7 Å². The first-order chi connectivity index (χ1) is 19.0. The number of hydrogen-bond acceptors (Lipinski definition) is 10. The SMILES string of the molecule is CC(=O)OCC1OC(c2ccc(Cl)c(Cc3cc4ccccc4s3)c2)[C@H](OC(C)=O)C(OC(C)=O)[C@@H]1OC(C)=O. The molecule has 3 unspecified atom stereocenters. The Morgan fingerprint density at radius 3 is 2.12 bits per heavy atom. The zero-order valence-electron chi connectivity index (χ0n) is 22.4. The molecule has 1 aliphatic rings. The molecule has 0 N–H and O–H groups in total. The fraction of sp³-hybridized carbons (Fsp3) is 0.379. The number of esters is 4. The number of hydrogen-bond donors (Lipinski definition) is 0. The lowest BCUT2D eigenvalue weighted by Crippen LogP contribution is -2.59. The highest BCUT2D eigenvalue weighted by Gasteiger charge is 2.52. The Kier molecular flexibility index (Phi) is 9.44. The maximum atomic E-state index is 12.2. The predicted molar refractivity (Wildman–Crippen MR) is 147 cm³/mol. The number of thiophene rings is 1. The van der Waals surface area contributed by atoms with Gasteiger partial charge in [0.15, 0.2) is 18.3 Å². The third-order valence-corrected chi connectivity index (χ3v) is 7.72. The fourth-order valence-corrected chi connectivity index (χ4v) is 5.99. The van der Waals surface area contributed by atoms with Gasteiger partial charge in [-0.1, -0.05) is 41.9 Å². The molecule has 0 aliphatic carbocycles.